The van der Waals surface area contributed by atoms with E-state index in [1.165, 1.54) is 19.3 Å². The maximum absolute atomic E-state index is 11.8. The fourth-order valence-corrected chi connectivity index (χ4v) is 3.67. The molecule has 4 nitrogen and oxygen atoms in total. The number of rotatable bonds is 7. The molecule has 2 rings (SSSR count). The van der Waals surface area contributed by atoms with Crippen LogP contribution < -0.4 is 0 Å². The summed E-state index contributed by atoms with van der Waals surface area (Å²) in [4.78, 5) is 8.08. The lowest BCUT2D eigenvalue weighted by molar-refractivity contribution is -0.0979. The minimum atomic E-state index is -4.21. The number of hydrogen-bond acceptors (Lipinski definition) is 3. The number of carbonyl (C=O) groups is 1. The molecule has 0 amide bonds. The Balaban J connectivity index is 0.00000127. The molecule has 0 spiro atoms. The van der Waals surface area contributed by atoms with E-state index < -0.39 is 10.1 Å². The lowest BCUT2D eigenvalue weighted by Gasteiger charge is -2.10. The summed E-state index contributed by atoms with van der Waals surface area (Å²) in [5.41, 5.74) is 0.715. The van der Waals surface area contributed by atoms with E-state index in [1.54, 1.807) is 12.1 Å². The highest BCUT2D eigenvalue weighted by Crippen LogP contribution is 2.28. The van der Waals surface area contributed by atoms with Crippen LogP contribution in [0.25, 0.3) is 10.8 Å². The first-order chi connectivity index (χ1) is 11.0. The molecule has 5 heteroatoms. The predicted molar refractivity (Wildman–Crippen MR) is 93.3 cm³/mol. The lowest BCUT2D eigenvalue weighted by Crippen LogP contribution is -2.04. The summed E-state index contributed by atoms with van der Waals surface area (Å²) in [5.74, 6) is 0. The van der Waals surface area contributed by atoms with E-state index in [1.807, 2.05) is 31.1 Å². The van der Waals surface area contributed by atoms with Gasteiger partial charge in [0, 0.05) is 5.39 Å². The van der Waals surface area contributed by atoms with Gasteiger partial charge in [0.1, 0.15) is 11.7 Å². The maximum Gasteiger partial charge on any atom is 0.295 e. The van der Waals surface area contributed by atoms with Gasteiger partial charge in [-0.25, -0.2) is 0 Å². The summed E-state index contributed by atoms with van der Waals surface area (Å²) in [6, 6.07) is 11.0. The Kier molecular flexibility index (Phi) is 7.92. The number of benzene rings is 2. The average molecular weight is 336 g/mol. The van der Waals surface area contributed by atoms with Crippen molar-refractivity contribution in [1.29, 1.82) is 0 Å². The van der Waals surface area contributed by atoms with Gasteiger partial charge < -0.3 is 4.79 Å². The highest BCUT2D eigenvalue weighted by atomic mass is 32.2. The maximum atomic E-state index is 11.8. The normalized spacial score (nSPS) is 11.0. The molecule has 0 aliphatic carbocycles. The van der Waals surface area contributed by atoms with Crippen molar-refractivity contribution >= 4 is 27.7 Å². The van der Waals surface area contributed by atoms with Gasteiger partial charge in [0.25, 0.3) is 10.1 Å². The fourth-order valence-electron chi connectivity index (χ4n) is 2.71. The molecule has 0 heterocycles. The molecular weight excluding hydrogens is 312 g/mol. The van der Waals surface area contributed by atoms with Crippen molar-refractivity contribution in [1.82, 2.24) is 0 Å². The van der Waals surface area contributed by atoms with E-state index in [-0.39, 0.29) is 4.90 Å². The summed E-state index contributed by atoms with van der Waals surface area (Å²) in [6.45, 7) is 4.17. The van der Waals surface area contributed by atoms with E-state index in [9.17, 15) is 13.0 Å². The number of fused-ring (bicyclic) bond motifs is 1. The molecule has 126 valence electrons. The fraction of sp³-hybridized carbons (Fsp3) is 0.389. The lowest BCUT2D eigenvalue weighted by atomic mass is 10.0. The summed E-state index contributed by atoms with van der Waals surface area (Å²) in [6.07, 6.45) is 6.29. The Labute approximate surface area is 138 Å². The van der Waals surface area contributed by atoms with Crippen LogP contribution in [0.1, 0.15) is 44.6 Å². The van der Waals surface area contributed by atoms with Crippen molar-refractivity contribution in [3.8, 4) is 0 Å². The SMILES string of the molecule is C=O.CCCCCCCc1ccc2ccccc2c1S(=O)(=O)O. The van der Waals surface area contributed by atoms with Crippen LogP contribution >= 0.6 is 0 Å². The van der Waals surface area contributed by atoms with Crippen LogP contribution in [0, 0.1) is 0 Å². The summed E-state index contributed by atoms with van der Waals surface area (Å²) in [7, 11) is -4.21. The zero-order valence-electron chi connectivity index (χ0n) is 13.5. The number of unbranched alkanes of at least 4 members (excludes halogenated alkanes) is 4. The highest BCUT2D eigenvalue weighted by Gasteiger charge is 2.18. The molecule has 0 aromatic heterocycles. The third kappa shape index (κ3) is 5.44. The molecule has 0 aliphatic rings. The van der Waals surface area contributed by atoms with Gasteiger partial charge in [0.2, 0.25) is 0 Å². The Hall–Kier alpha value is -1.72. The summed E-state index contributed by atoms with van der Waals surface area (Å²) >= 11 is 0. The molecular formula is C18H24O4S. The second-order valence-corrected chi connectivity index (χ2v) is 6.77. The molecule has 0 saturated carbocycles. The molecule has 0 atom stereocenters. The number of carbonyl (C=O) groups excluding carboxylic acids is 1. The van der Waals surface area contributed by atoms with Gasteiger partial charge in [-0.2, -0.15) is 8.42 Å². The van der Waals surface area contributed by atoms with Crippen molar-refractivity contribution in [2.45, 2.75) is 50.3 Å². The van der Waals surface area contributed by atoms with E-state index in [0.29, 0.717) is 17.4 Å². The Morgan fingerprint density at radius 1 is 0.957 bits per heavy atom. The van der Waals surface area contributed by atoms with Crippen molar-refractivity contribution in [3.05, 3.63) is 42.0 Å². The molecule has 0 radical (unpaired) electrons. The summed E-state index contributed by atoms with van der Waals surface area (Å²) < 4.78 is 33.1. The monoisotopic (exact) mass is 336 g/mol. The standard InChI is InChI=1S/C17H22O3S.CH2O/c1-2-3-4-5-6-10-15-13-12-14-9-7-8-11-16(14)17(15)21(18,19)20;1-2/h7-9,11-13H,2-6,10H2,1H3,(H,18,19,20);1H2. The van der Waals surface area contributed by atoms with Crippen LogP contribution in [0.2, 0.25) is 0 Å². The van der Waals surface area contributed by atoms with Crippen molar-refractivity contribution in [2.75, 3.05) is 0 Å². The molecule has 2 aromatic rings. The first-order valence-electron chi connectivity index (χ1n) is 7.81. The van der Waals surface area contributed by atoms with Crippen LogP contribution in [0.3, 0.4) is 0 Å². The first-order valence-corrected chi connectivity index (χ1v) is 9.25. The predicted octanol–water partition coefficient (Wildman–Crippen LogP) is 4.41. The molecule has 0 aliphatic heterocycles. The molecule has 23 heavy (non-hydrogen) atoms. The van der Waals surface area contributed by atoms with Gasteiger partial charge in [0.05, 0.1) is 0 Å². The quantitative estimate of drug-likeness (QED) is 0.600. The Bertz CT molecular complexity index is 723. The van der Waals surface area contributed by atoms with Crippen LogP contribution in [-0.2, 0) is 21.3 Å². The van der Waals surface area contributed by atoms with E-state index in [4.69, 9.17) is 4.79 Å². The molecule has 2 aromatic carbocycles. The minimum absolute atomic E-state index is 0.0797. The second-order valence-electron chi connectivity index (χ2n) is 5.41. The zero-order valence-corrected chi connectivity index (χ0v) is 14.3. The van der Waals surface area contributed by atoms with Gasteiger partial charge in [-0.15, -0.1) is 0 Å². The number of aryl methyl sites for hydroxylation is 1. The molecule has 1 N–H and O–H groups in total. The number of hydrogen-bond donors (Lipinski definition) is 1. The Morgan fingerprint density at radius 3 is 2.26 bits per heavy atom. The van der Waals surface area contributed by atoms with Crippen LogP contribution in [0.4, 0.5) is 0 Å². The van der Waals surface area contributed by atoms with E-state index >= 15 is 0 Å². The van der Waals surface area contributed by atoms with Gasteiger partial charge in [-0.05, 0) is 23.8 Å². The Morgan fingerprint density at radius 2 is 1.61 bits per heavy atom. The van der Waals surface area contributed by atoms with Gasteiger partial charge in [-0.1, -0.05) is 69.0 Å². The van der Waals surface area contributed by atoms with Crippen LogP contribution in [-0.4, -0.2) is 19.8 Å². The van der Waals surface area contributed by atoms with E-state index in [0.717, 1.165) is 18.2 Å². The minimum Gasteiger partial charge on any atom is -0.307 e. The second kappa shape index (κ2) is 9.43. The van der Waals surface area contributed by atoms with Crippen LogP contribution in [0.15, 0.2) is 41.3 Å². The van der Waals surface area contributed by atoms with Crippen molar-refractivity contribution < 1.29 is 17.8 Å². The molecule has 0 unspecified atom stereocenters. The molecule has 0 bridgehead atoms. The topological polar surface area (TPSA) is 71.4 Å². The summed E-state index contributed by atoms with van der Waals surface area (Å²) in [5, 5.41) is 1.44. The van der Waals surface area contributed by atoms with E-state index in [2.05, 4.69) is 6.92 Å². The van der Waals surface area contributed by atoms with Crippen molar-refractivity contribution in [3.63, 3.8) is 0 Å². The smallest absolute Gasteiger partial charge is 0.295 e. The van der Waals surface area contributed by atoms with Crippen LogP contribution in [0.5, 0.6) is 0 Å². The van der Waals surface area contributed by atoms with Gasteiger partial charge in [-0.3, -0.25) is 4.55 Å². The average Bonchev–Trinajstić information content (AvgIpc) is 2.55. The molecule has 0 saturated heterocycles. The third-order valence-corrected chi connectivity index (χ3v) is 4.77. The zero-order chi connectivity index (χ0) is 17.3. The largest absolute Gasteiger partial charge is 0.307 e. The van der Waals surface area contributed by atoms with Gasteiger partial charge >= 0.3 is 0 Å². The van der Waals surface area contributed by atoms with Gasteiger partial charge in [0.15, 0.2) is 0 Å². The highest BCUT2D eigenvalue weighted by molar-refractivity contribution is 7.86. The van der Waals surface area contributed by atoms with Crippen molar-refractivity contribution in [2.24, 2.45) is 0 Å². The third-order valence-electron chi connectivity index (χ3n) is 3.77. The first kappa shape index (κ1) is 19.3. The molecule has 0 fully saturated rings.